The average molecular weight is 529 g/mol. The number of nitrogens with one attached hydrogen (secondary N) is 2. The van der Waals surface area contributed by atoms with Crippen LogP contribution in [0.2, 0.25) is 15.1 Å². The van der Waals surface area contributed by atoms with Crippen molar-refractivity contribution >= 4 is 64.1 Å². The summed E-state index contributed by atoms with van der Waals surface area (Å²) in [6.45, 7) is 0.212. The molecule has 2 N–H and O–H groups in total. The lowest BCUT2D eigenvalue weighted by atomic mass is 10.1. The Kier molecular flexibility index (Phi) is 8.85. The monoisotopic (exact) mass is 527 g/mol. The third-order valence-electron chi connectivity index (χ3n) is 4.51. The number of amides is 2. The predicted octanol–water partition coefficient (Wildman–Crippen LogP) is 4.37. The molecule has 0 spiro atoms. The molecule has 0 saturated heterocycles. The third kappa shape index (κ3) is 7.01. The number of carbonyl (C=O) groups excluding carboxylic acids is 2. The van der Waals surface area contributed by atoms with Gasteiger partial charge in [-0.2, -0.15) is 0 Å². The Morgan fingerprint density at radius 3 is 2.42 bits per heavy atom. The van der Waals surface area contributed by atoms with E-state index < -0.39 is 0 Å². The molecule has 0 radical (unpaired) electrons. The van der Waals surface area contributed by atoms with E-state index >= 15 is 0 Å². The van der Waals surface area contributed by atoms with Crippen LogP contribution in [0.25, 0.3) is 0 Å². The summed E-state index contributed by atoms with van der Waals surface area (Å²) in [6, 6.07) is 10.2. The maximum Gasteiger partial charge on any atom is 0.234 e. The van der Waals surface area contributed by atoms with Crippen LogP contribution in [0.4, 0.5) is 5.69 Å². The lowest BCUT2D eigenvalue weighted by molar-refractivity contribution is -0.120. The van der Waals surface area contributed by atoms with Gasteiger partial charge in [0.05, 0.1) is 46.6 Å². The van der Waals surface area contributed by atoms with Gasteiger partial charge >= 0.3 is 0 Å². The van der Waals surface area contributed by atoms with Crippen LogP contribution in [-0.2, 0) is 29.6 Å². The van der Waals surface area contributed by atoms with Crippen molar-refractivity contribution in [2.75, 3.05) is 18.2 Å². The number of rotatable bonds is 9. The molecule has 0 aliphatic carbocycles. The van der Waals surface area contributed by atoms with Crippen LogP contribution >= 0.6 is 46.6 Å². The maximum atomic E-state index is 12.3. The summed E-state index contributed by atoms with van der Waals surface area (Å²) in [7, 11) is 3.36. The molecule has 3 rings (SSSR count). The van der Waals surface area contributed by atoms with Crippen molar-refractivity contribution < 1.29 is 14.3 Å². The fourth-order valence-electron chi connectivity index (χ4n) is 2.73. The van der Waals surface area contributed by atoms with Crippen molar-refractivity contribution in [2.24, 2.45) is 7.05 Å². The molecule has 33 heavy (non-hydrogen) atoms. The largest absolute Gasteiger partial charge is 0.497 e. The fraction of sp³-hybridized carbons (Fsp3) is 0.238. The highest BCUT2D eigenvalue weighted by molar-refractivity contribution is 7.99. The summed E-state index contributed by atoms with van der Waals surface area (Å²) in [5, 5.41) is 15.1. The second kappa shape index (κ2) is 11.6. The topological polar surface area (TPSA) is 98.1 Å². The van der Waals surface area contributed by atoms with Crippen LogP contribution in [0.15, 0.2) is 41.6 Å². The molecule has 174 valence electrons. The molecule has 3 aromatic rings. The zero-order valence-corrected chi connectivity index (χ0v) is 20.8. The van der Waals surface area contributed by atoms with Gasteiger partial charge in [0.1, 0.15) is 5.75 Å². The Balaban J connectivity index is 1.49. The van der Waals surface area contributed by atoms with Crippen LogP contribution < -0.4 is 15.4 Å². The number of methoxy groups -OCH3 is 1. The molecule has 2 amide bonds. The molecule has 0 aliphatic rings. The number of benzene rings is 2. The summed E-state index contributed by atoms with van der Waals surface area (Å²) >= 11 is 19.2. The van der Waals surface area contributed by atoms with Gasteiger partial charge in [0.2, 0.25) is 11.8 Å². The van der Waals surface area contributed by atoms with E-state index in [1.165, 1.54) is 23.9 Å². The molecule has 0 atom stereocenters. The zero-order chi connectivity index (χ0) is 24.0. The van der Waals surface area contributed by atoms with Gasteiger partial charge in [0.25, 0.3) is 0 Å². The standard InChI is InChI=1S/C21H20Cl3N5O3S/c1-29-18(10-25-19(30)7-12-3-5-13(32-2)6-4-12)27-28-21(29)33-11-20(31)26-17-9-15(23)14(22)8-16(17)24/h3-6,8-9H,7,10-11H2,1-2H3,(H,25,30)(H,26,31). The van der Waals surface area contributed by atoms with Crippen LogP contribution in [0.3, 0.4) is 0 Å². The van der Waals surface area contributed by atoms with Gasteiger partial charge in [-0.1, -0.05) is 58.7 Å². The van der Waals surface area contributed by atoms with Crippen molar-refractivity contribution in [2.45, 2.75) is 18.1 Å². The summed E-state index contributed by atoms with van der Waals surface area (Å²) in [4.78, 5) is 24.5. The molecular weight excluding hydrogens is 509 g/mol. The van der Waals surface area contributed by atoms with E-state index in [0.717, 1.165) is 11.3 Å². The summed E-state index contributed by atoms with van der Waals surface area (Å²) < 4.78 is 6.83. The second-order valence-corrected chi connectivity index (χ2v) is 9.01. The maximum absolute atomic E-state index is 12.3. The number of nitrogens with zero attached hydrogens (tertiary/aromatic N) is 3. The van der Waals surface area contributed by atoms with E-state index in [1.54, 1.807) is 30.9 Å². The number of carbonyl (C=O) groups is 2. The minimum absolute atomic E-state index is 0.0758. The van der Waals surface area contributed by atoms with Crippen LogP contribution in [0.1, 0.15) is 11.4 Å². The second-order valence-electron chi connectivity index (χ2n) is 6.84. The fourth-order valence-corrected chi connectivity index (χ4v) is 4.05. The van der Waals surface area contributed by atoms with Crippen LogP contribution in [-0.4, -0.2) is 39.4 Å². The number of ether oxygens (including phenoxy) is 1. The third-order valence-corrected chi connectivity index (χ3v) is 6.56. The van der Waals surface area contributed by atoms with E-state index in [9.17, 15) is 9.59 Å². The van der Waals surface area contributed by atoms with E-state index in [0.29, 0.717) is 21.7 Å². The molecule has 12 heteroatoms. The first-order chi connectivity index (χ1) is 15.8. The van der Waals surface area contributed by atoms with Gasteiger partial charge in [-0.25, -0.2) is 0 Å². The number of aromatic nitrogens is 3. The molecule has 0 fully saturated rings. The van der Waals surface area contributed by atoms with Gasteiger partial charge in [-0.05, 0) is 29.8 Å². The number of thioether (sulfide) groups is 1. The van der Waals surface area contributed by atoms with Crippen LogP contribution in [0.5, 0.6) is 5.75 Å². The van der Waals surface area contributed by atoms with E-state index in [4.69, 9.17) is 39.5 Å². The lowest BCUT2D eigenvalue weighted by Gasteiger charge is -2.09. The molecule has 1 aromatic heterocycles. The molecule has 8 nitrogen and oxygen atoms in total. The minimum atomic E-state index is -0.294. The SMILES string of the molecule is COc1ccc(CC(=O)NCc2nnc(SCC(=O)Nc3cc(Cl)c(Cl)cc3Cl)n2C)cc1. The van der Waals surface area contributed by atoms with Gasteiger partial charge in [0, 0.05) is 7.05 Å². The lowest BCUT2D eigenvalue weighted by Crippen LogP contribution is -2.26. The Morgan fingerprint density at radius 2 is 1.73 bits per heavy atom. The quantitative estimate of drug-likeness (QED) is 0.316. The first-order valence-corrected chi connectivity index (χ1v) is 11.7. The van der Waals surface area contributed by atoms with Crippen molar-refractivity contribution in [3.8, 4) is 5.75 Å². The highest BCUT2D eigenvalue weighted by Gasteiger charge is 2.14. The van der Waals surface area contributed by atoms with Crippen molar-refractivity contribution in [1.82, 2.24) is 20.1 Å². The zero-order valence-electron chi connectivity index (χ0n) is 17.7. The van der Waals surface area contributed by atoms with Gasteiger partial charge in [-0.15, -0.1) is 10.2 Å². The van der Waals surface area contributed by atoms with E-state index in [-0.39, 0.29) is 40.6 Å². The Hall–Kier alpha value is -2.46. The van der Waals surface area contributed by atoms with Gasteiger partial charge in [-0.3, -0.25) is 9.59 Å². The van der Waals surface area contributed by atoms with Crippen molar-refractivity contribution in [3.63, 3.8) is 0 Å². The Bertz CT molecular complexity index is 1150. The van der Waals surface area contributed by atoms with Gasteiger partial charge < -0.3 is 19.9 Å². The average Bonchev–Trinajstić information content (AvgIpc) is 3.14. The first-order valence-electron chi connectivity index (χ1n) is 9.62. The summed E-state index contributed by atoms with van der Waals surface area (Å²) in [6.07, 6.45) is 0.237. The number of anilines is 1. The van der Waals surface area contributed by atoms with Crippen molar-refractivity contribution in [1.29, 1.82) is 0 Å². The Labute approximate surface area is 209 Å². The van der Waals surface area contributed by atoms with Crippen LogP contribution in [0, 0.1) is 0 Å². The minimum Gasteiger partial charge on any atom is -0.497 e. The molecule has 0 unspecified atom stereocenters. The summed E-state index contributed by atoms with van der Waals surface area (Å²) in [5.74, 6) is 0.935. The number of hydrogen-bond acceptors (Lipinski definition) is 6. The predicted molar refractivity (Wildman–Crippen MR) is 130 cm³/mol. The molecule has 0 aliphatic heterocycles. The molecular formula is C21H20Cl3N5O3S. The normalized spacial score (nSPS) is 10.7. The number of halogens is 3. The molecule has 1 heterocycles. The first kappa shape index (κ1) is 25.2. The van der Waals surface area contributed by atoms with Crippen molar-refractivity contribution in [3.05, 3.63) is 62.9 Å². The summed E-state index contributed by atoms with van der Waals surface area (Å²) in [5.41, 5.74) is 1.24. The highest BCUT2D eigenvalue weighted by Crippen LogP contribution is 2.32. The molecule has 2 aromatic carbocycles. The Morgan fingerprint density at radius 1 is 1.03 bits per heavy atom. The highest BCUT2D eigenvalue weighted by atomic mass is 35.5. The van der Waals surface area contributed by atoms with E-state index in [1.807, 2.05) is 12.1 Å². The molecule has 0 bridgehead atoms. The molecule has 0 saturated carbocycles. The van der Waals surface area contributed by atoms with Gasteiger partial charge in [0.15, 0.2) is 11.0 Å². The number of hydrogen-bond donors (Lipinski definition) is 2. The smallest absolute Gasteiger partial charge is 0.234 e. The van der Waals surface area contributed by atoms with E-state index in [2.05, 4.69) is 20.8 Å².